The molecule has 4 amide bonds. The first kappa shape index (κ1) is 41.7. The third-order valence-electron chi connectivity index (χ3n) is 11.7. The molecule has 4 N–H and O–H groups in total. The van der Waals surface area contributed by atoms with Gasteiger partial charge in [-0.15, -0.1) is 17.9 Å². The lowest BCUT2D eigenvalue weighted by Gasteiger charge is -2.36. The van der Waals surface area contributed by atoms with E-state index in [1.165, 1.54) is 22.3 Å². The van der Waals surface area contributed by atoms with Crippen LogP contribution in [-0.4, -0.2) is 107 Å². The molecule has 0 radical (unpaired) electrons. The number of rotatable bonds is 13. The fourth-order valence-electron chi connectivity index (χ4n) is 7.89. The molecule has 1 saturated heterocycles. The van der Waals surface area contributed by atoms with Gasteiger partial charge in [0.15, 0.2) is 5.13 Å². The Labute approximate surface area is 347 Å². The van der Waals surface area contributed by atoms with Gasteiger partial charge in [0.05, 0.1) is 17.8 Å². The molecule has 7 rings (SSSR count). The number of hydrogen-bond acceptors (Lipinski definition) is 12. The molecule has 1 aromatic carbocycles. The number of anilines is 2. The lowest BCUT2D eigenvalue weighted by molar-refractivity contribution is -0.146. The lowest BCUT2D eigenvalue weighted by atomic mass is 9.85. The Hall–Kier alpha value is -5.45. The lowest BCUT2D eigenvalue weighted by Crippen LogP contribution is -2.59. The van der Waals surface area contributed by atoms with Gasteiger partial charge in [-0.2, -0.15) is 0 Å². The molecule has 316 valence electrons. The summed E-state index contributed by atoms with van der Waals surface area (Å²) in [5.41, 5.74) is 0.113. The van der Waals surface area contributed by atoms with Crippen LogP contribution in [0.5, 0.6) is 5.75 Å². The molecule has 1 aliphatic heterocycles. The van der Waals surface area contributed by atoms with Crippen LogP contribution in [0.15, 0.2) is 42.3 Å². The van der Waals surface area contributed by atoms with E-state index in [1.54, 1.807) is 32.2 Å². The Kier molecular flexibility index (Phi) is 11.8. The van der Waals surface area contributed by atoms with Crippen LogP contribution in [0, 0.1) is 11.3 Å². The molecule has 5 atom stereocenters. The van der Waals surface area contributed by atoms with E-state index in [0.717, 1.165) is 50.6 Å². The van der Waals surface area contributed by atoms with Gasteiger partial charge in [-0.25, -0.2) is 24.4 Å². The highest BCUT2D eigenvalue weighted by atomic mass is 32.1. The molecule has 3 heterocycles. The number of carboxylic acid groups (broad SMARTS) is 1. The van der Waals surface area contributed by atoms with Crippen LogP contribution in [0.25, 0.3) is 22.3 Å². The van der Waals surface area contributed by atoms with Crippen molar-refractivity contribution >= 4 is 63.0 Å². The van der Waals surface area contributed by atoms with Gasteiger partial charge < -0.3 is 39.8 Å². The average Bonchev–Trinajstić information content (AvgIpc) is 3.57. The van der Waals surface area contributed by atoms with Crippen molar-refractivity contribution in [1.82, 2.24) is 25.5 Å². The van der Waals surface area contributed by atoms with Gasteiger partial charge in [0, 0.05) is 49.0 Å². The van der Waals surface area contributed by atoms with E-state index < -0.39 is 65.0 Å². The monoisotopic (exact) mass is 831 g/mol. The normalized spacial score (nSPS) is 23.5. The Balaban J connectivity index is 1.18. The quantitative estimate of drug-likeness (QED) is 0.144. The van der Waals surface area contributed by atoms with Crippen LogP contribution < -0.4 is 25.6 Å². The third kappa shape index (κ3) is 9.09. The Morgan fingerprint density at radius 3 is 2.29 bits per heavy atom. The summed E-state index contributed by atoms with van der Waals surface area (Å²) < 4.78 is 17.8. The number of alkyl carbamates (subject to hydrolysis) is 1. The van der Waals surface area contributed by atoms with Gasteiger partial charge in [-0.3, -0.25) is 14.9 Å². The Morgan fingerprint density at radius 2 is 1.68 bits per heavy atom. The second-order valence-corrected chi connectivity index (χ2v) is 18.1. The number of carbonyl (C=O) groups excluding carboxylic acids is 4. The second kappa shape index (κ2) is 16.7. The van der Waals surface area contributed by atoms with Crippen molar-refractivity contribution in [2.45, 2.75) is 114 Å². The van der Waals surface area contributed by atoms with E-state index >= 15 is 0 Å². The summed E-state index contributed by atoms with van der Waals surface area (Å²) in [5.74, 6) is -2.42. The zero-order valence-electron chi connectivity index (χ0n) is 34.1. The van der Waals surface area contributed by atoms with Crippen LogP contribution in [0.3, 0.4) is 0 Å². The van der Waals surface area contributed by atoms with Crippen LogP contribution in [0.1, 0.15) is 78.6 Å². The summed E-state index contributed by atoms with van der Waals surface area (Å²) in [6.45, 7) is 9.11. The zero-order valence-corrected chi connectivity index (χ0v) is 34.9. The van der Waals surface area contributed by atoms with Gasteiger partial charge in [-0.1, -0.05) is 26.8 Å². The maximum Gasteiger partial charge on any atom is 0.413 e. The molecule has 3 aromatic rings. The van der Waals surface area contributed by atoms with Crippen molar-refractivity contribution in [1.29, 1.82) is 0 Å². The number of hydrogen-bond donors (Lipinski definition) is 4. The summed E-state index contributed by atoms with van der Waals surface area (Å²) in [6, 6.07) is 5.25. The van der Waals surface area contributed by atoms with Crippen molar-refractivity contribution in [2.24, 2.45) is 11.3 Å². The highest BCUT2D eigenvalue weighted by Crippen LogP contribution is 2.45. The van der Waals surface area contributed by atoms with Crippen molar-refractivity contribution < 1.29 is 43.3 Å². The number of aliphatic carboxylic acids is 1. The first-order valence-electron chi connectivity index (χ1n) is 20.2. The maximum absolute atomic E-state index is 14.6. The number of aromatic nitrogens is 2. The van der Waals surface area contributed by atoms with E-state index in [0.29, 0.717) is 33.2 Å². The van der Waals surface area contributed by atoms with Gasteiger partial charge in [-0.05, 0) is 75.0 Å². The molecular formula is C42H53N7O9S. The van der Waals surface area contributed by atoms with E-state index in [4.69, 9.17) is 19.2 Å². The van der Waals surface area contributed by atoms with E-state index in [-0.39, 0.29) is 31.6 Å². The van der Waals surface area contributed by atoms with Crippen LogP contribution in [-0.2, 0) is 23.9 Å². The molecule has 59 heavy (non-hydrogen) atoms. The number of fused-ring (bicyclic) bond motifs is 1. The topological polar surface area (TPSA) is 202 Å². The number of nitrogens with one attached hydrogen (secondary N) is 3. The number of ether oxygens (including phenoxy) is 3. The summed E-state index contributed by atoms with van der Waals surface area (Å²) in [7, 11) is 3.84. The summed E-state index contributed by atoms with van der Waals surface area (Å²) in [4.78, 5) is 79.7. The predicted octanol–water partition coefficient (Wildman–Crippen LogP) is 6.10. The number of nitrogens with zero attached hydrogens (tertiary/aromatic N) is 4. The van der Waals surface area contributed by atoms with E-state index in [1.807, 2.05) is 37.2 Å². The molecule has 17 heteroatoms. The van der Waals surface area contributed by atoms with Crippen molar-refractivity contribution in [3.05, 3.63) is 42.3 Å². The number of likely N-dealkylation sites (tertiary alicyclic amines) is 1. The number of benzene rings is 1. The summed E-state index contributed by atoms with van der Waals surface area (Å²) in [5, 5.41) is 21.1. The number of pyridine rings is 1. The molecule has 3 aliphatic carbocycles. The van der Waals surface area contributed by atoms with Crippen molar-refractivity contribution in [2.75, 3.05) is 30.9 Å². The molecule has 16 nitrogen and oxygen atoms in total. The smallest absolute Gasteiger partial charge is 0.413 e. The average molecular weight is 832 g/mol. The van der Waals surface area contributed by atoms with Crippen LogP contribution in [0.4, 0.5) is 20.4 Å². The fraction of sp³-hybridized carbons (Fsp3) is 0.548. The number of thiazole rings is 1. The van der Waals surface area contributed by atoms with Crippen LogP contribution >= 0.6 is 11.3 Å². The van der Waals surface area contributed by atoms with E-state index in [2.05, 4.69) is 27.5 Å². The second-order valence-electron chi connectivity index (χ2n) is 17.3. The number of carbonyl (C=O) groups is 5. The van der Waals surface area contributed by atoms with Crippen molar-refractivity contribution in [3.63, 3.8) is 0 Å². The minimum absolute atomic E-state index is 0.0260. The van der Waals surface area contributed by atoms with Gasteiger partial charge in [0.25, 0.3) is 0 Å². The predicted molar refractivity (Wildman–Crippen MR) is 221 cm³/mol. The minimum atomic E-state index is -1.53. The molecule has 0 spiro atoms. The number of amides is 4. The van der Waals surface area contributed by atoms with Crippen LogP contribution in [0.2, 0.25) is 0 Å². The summed E-state index contributed by atoms with van der Waals surface area (Å²) in [6.07, 6.45) is 5.59. The standard InChI is InChI=1S/C42H53N7O9S/c1-7-23-20-42(23,37(52)53)47-35(50)32-18-27(21-49(32)36(51)34(41(2,3)4)45-39(54)57-26-13-10-14-26)56-33-19-30(43-29-17-24(48(5)6)15-16-28(29)33)31-22-59-38(44-31)46-40(55)58-25-11-8-9-12-25/h7,15-17,19,22-23,25-27,32,34H,1,8-14,18,20-21H2,2-6H3,(H,45,54)(H,47,50)(H,52,53)(H,44,46,55)/t23-,27?,32+,34-,42-/m1/s1. The molecule has 0 bridgehead atoms. The SMILES string of the molecule is C=C[C@@H]1C[C@]1(NC(=O)[C@@H]1CC(Oc2cc(-c3csc(NC(=O)OC4CCCC4)n3)nc3cc(N(C)C)ccc23)CN1C(=O)[C@@H](NC(=O)OC1CCC1)C(C)(C)C)C(=O)O. The minimum Gasteiger partial charge on any atom is -0.488 e. The number of carboxylic acids is 1. The molecular weight excluding hydrogens is 779 g/mol. The molecule has 4 aliphatic rings. The van der Waals surface area contributed by atoms with E-state index in [9.17, 15) is 29.1 Å². The third-order valence-corrected chi connectivity index (χ3v) is 12.5. The maximum atomic E-state index is 14.6. The first-order chi connectivity index (χ1) is 28.0. The largest absolute Gasteiger partial charge is 0.488 e. The first-order valence-corrected chi connectivity index (χ1v) is 21.1. The zero-order chi connectivity index (χ0) is 42.2. The van der Waals surface area contributed by atoms with Crippen molar-refractivity contribution in [3.8, 4) is 17.1 Å². The molecule has 3 saturated carbocycles. The Morgan fingerprint density at radius 1 is 0.983 bits per heavy atom. The van der Waals surface area contributed by atoms with Gasteiger partial charge >= 0.3 is 18.2 Å². The molecule has 4 fully saturated rings. The fourth-order valence-corrected chi connectivity index (χ4v) is 8.58. The summed E-state index contributed by atoms with van der Waals surface area (Å²) >= 11 is 1.23. The highest BCUT2D eigenvalue weighted by Gasteiger charge is 2.61. The van der Waals surface area contributed by atoms with Gasteiger partial charge in [0.1, 0.15) is 47.4 Å². The molecule has 2 aromatic heterocycles. The Bertz CT molecular complexity index is 2130. The van der Waals surface area contributed by atoms with Gasteiger partial charge in [0.2, 0.25) is 11.8 Å². The highest BCUT2D eigenvalue weighted by molar-refractivity contribution is 7.14. The molecule has 1 unspecified atom stereocenters.